The molecule has 3 N–H and O–H groups in total. The first kappa shape index (κ1) is 27.1. The Bertz CT molecular complexity index is 1770. The van der Waals surface area contributed by atoms with Gasteiger partial charge in [-0.1, -0.05) is 42.5 Å². The number of nitrogens with one attached hydrogen (secondary N) is 2. The SMILES string of the molecule is O=C(COc1ccccc1)N[C@@H]1C(=O)N2C(C(=O)O)C(COc3ccccc3-c3nc4ccccc4c(=O)[nH]3)=CS[C@H]12. The van der Waals surface area contributed by atoms with E-state index in [4.69, 9.17) is 9.47 Å². The van der Waals surface area contributed by atoms with Gasteiger partial charge in [-0.25, -0.2) is 9.78 Å². The maximum absolute atomic E-state index is 13.0. The van der Waals surface area contributed by atoms with E-state index in [1.165, 1.54) is 16.7 Å². The molecule has 2 amide bonds. The zero-order chi connectivity index (χ0) is 29.2. The lowest BCUT2D eigenvalue weighted by Crippen LogP contribution is -2.74. The summed E-state index contributed by atoms with van der Waals surface area (Å²) < 4.78 is 11.5. The summed E-state index contributed by atoms with van der Waals surface area (Å²) in [6, 6.07) is 20.6. The smallest absolute Gasteiger partial charge is 0.330 e. The summed E-state index contributed by atoms with van der Waals surface area (Å²) in [7, 11) is 0. The number of carboxylic acids is 1. The first-order chi connectivity index (χ1) is 20.4. The number of benzene rings is 3. The third-order valence-electron chi connectivity index (χ3n) is 6.88. The zero-order valence-electron chi connectivity index (χ0n) is 21.9. The van der Waals surface area contributed by atoms with Gasteiger partial charge in [0.05, 0.1) is 16.5 Å². The highest BCUT2D eigenvalue weighted by Gasteiger charge is 2.56. The average molecular weight is 585 g/mol. The fourth-order valence-electron chi connectivity index (χ4n) is 4.87. The lowest BCUT2D eigenvalue weighted by molar-refractivity contribution is -0.160. The predicted octanol–water partition coefficient (Wildman–Crippen LogP) is 2.78. The Morgan fingerprint density at radius 3 is 2.52 bits per heavy atom. The first-order valence-corrected chi connectivity index (χ1v) is 13.9. The minimum absolute atomic E-state index is 0.128. The molecule has 4 aromatic rings. The van der Waals surface area contributed by atoms with Gasteiger partial charge in [-0.3, -0.25) is 14.4 Å². The Balaban J connectivity index is 1.16. The number of hydrogen-bond acceptors (Lipinski definition) is 8. The Hall–Kier alpha value is -5.10. The molecule has 0 aliphatic carbocycles. The molecule has 1 unspecified atom stereocenters. The molecular formula is C30H24N4O7S. The average Bonchev–Trinajstić information content (AvgIpc) is 3.01. The van der Waals surface area contributed by atoms with Crippen molar-refractivity contribution in [2.75, 3.05) is 13.2 Å². The highest BCUT2D eigenvalue weighted by molar-refractivity contribution is 8.03. The number of carbonyl (C=O) groups is 3. The number of fused-ring (bicyclic) bond motifs is 2. The molecule has 1 aromatic heterocycles. The van der Waals surface area contributed by atoms with Crippen molar-refractivity contribution in [3.63, 3.8) is 0 Å². The Morgan fingerprint density at radius 1 is 0.976 bits per heavy atom. The molecule has 11 nitrogen and oxygen atoms in total. The molecule has 0 spiro atoms. The van der Waals surface area contributed by atoms with Crippen LogP contribution in [-0.2, 0) is 14.4 Å². The number of aromatic amines is 1. The molecule has 0 bridgehead atoms. The van der Waals surface area contributed by atoms with Gasteiger partial charge in [0.1, 0.15) is 35.3 Å². The van der Waals surface area contributed by atoms with Gasteiger partial charge in [0.25, 0.3) is 11.5 Å². The number of amides is 2. The van der Waals surface area contributed by atoms with E-state index in [0.717, 1.165) is 0 Å². The van der Waals surface area contributed by atoms with Gasteiger partial charge in [0.15, 0.2) is 12.6 Å². The first-order valence-electron chi connectivity index (χ1n) is 13.0. The van der Waals surface area contributed by atoms with Crippen molar-refractivity contribution in [2.45, 2.75) is 17.5 Å². The van der Waals surface area contributed by atoms with Crippen molar-refractivity contribution in [3.05, 3.63) is 100 Å². The second kappa shape index (κ2) is 11.4. The lowest BCUT2D eigenvalue weighted by Gasteiger charge is -2.51. The van der Waals surface area contributed by atoms with Crippen LogP contribution in [0, 0.1) is 0 Å². The van der Waals surface area contributed by atoms with Crippen LogP contribution in [0.1, 0.15) is 0 Å². The van der Waals surface area contributed by atoms with E-state index < -0.39 is 35.2 Å². The normalized spacial score (nSPS) is 19.3. The summed E-state index contributed by atoms with van der Waals surface area (Å²) in [4.78, 5) is 58.9. The van der Waals surface area contributed by atoms with Crippen LogP contribution < -0.4 is 20.3 Å². The molecule has 0 saturated carbocycles. The minimum atomic E-state index is -1.26. The summed E-state index contributed by atoms with van der Waals surface area (Å²) in [5.41, 5.74) is 1.12. The molecule has 2 aliphatic rings. The van der Waals surface area contributed by atoms with Gasteiger partial charge in [0, 0.05) is 5.57 Å². The van der Waals surface area contributed by atoms with Crippen LogP contribution >= 0.6 is 11.8 Å². The van der Waals surface area contributed by atoms with Crippen molar-refractivity contribution in [2.24, 2.45) is 0 Å². The van der Waals surface area contributed by atoms with Gasteiger partial charge in [-0.15, -0.1) is 11.8 Å². The molecule has 0 radical (unpaired) electrons. The zero-order valence-corrected chi connectivity index (χ0v) is 22.7. The van der Waals surface area contributed by atoms with Crippen LogP contribution in [-0.4, -0.2) is 68.4 Å². The molecule has 42 heavy (non-hydrogen) atoms. The molecule has 2 aliphatic heterocycles. The van der Waals surface area contributed by atoms with Crippen molar-refractivity contribution in [1.29, 1.82) is 0 Å². The maximum Gasteiger partial charge on any atom is 0.330 e. The maximum atomic E-state index is 13.0. The topological polar surface area (TPSA) is 151 Å². The van der Waals surface area contributed by atoms with Crippen molar-refractivity contribution in [3.8, 4) is 22.9 Å². The fourth-order valence-corrected chi connectivity index (χ4v) is 6.08. The number of nitrogens with zero attached hydrogens (tertiary/aromatic N) is 2. The van der Waals surface area contributed by atoms with Crippen LogP contribution in [0.4, 0.5) is 0 Å². The van der Waals surface area contributed by atoms with Crippen LogP contribution in [0.3, 0.4) is 0 Å². The highest BCUT2D eigenvalue weighted by atomic mass is 32.2. The van der Waals surface area contributed by atoms with E-state index in [2.05, 4.69) is 15.3 Å². The lowest BCUT2D eigenvalue weighted by atomic mass is 9.98. The number of β-lactam (4-membered cyclic amide) rings is 1. The van der Waals surface area contributed by atoms with Crippen molar-refractivity contribution >= 4 is 40.4 Å². The van der Waals surface area contributed by atoms with E-state index in [0.29, 0.717) is 39.4 Å². The van der Waals surface area contributed by atoms with Crippen LogP contribution in [0.5, 0.6) is 11.5 Å². The second-order valence-electron chi connectivity index (χ2n) is 9.57. The molecule has 3 heterocycles. The Morgan fingerprint density at radius 2 is 1.71 bits per heavy atom. The largest absolute Gasteiger partial charge is 0.488 e. The van der Waals surface area contributed by atoms with Crippen LogP contribution in [0.25, 0.3) is 22.3 Å². The van der Waals surface area contributed by atoms with Gasteiger partial charge in [-0.05, 0) is 41.8 Å². The molecule has 3 aromatic carbocycles. The number of carboxylic acid groups (broad SMARTS) is 1. The number of H-pyrrole nitrogens is 1. The summed E-state index contributed by atoms with van der Waals surface area (Å²) >= 11 is 1.23. The monoisotopic (exact) mass is 584 g/mol. The van der Waals surface area contributed by atoms with Crippen molar-refractivity contribution < 1.29 is 29.0 Å². The number of thioether (sulfide) groups is 1. The van der Waals surface area contributed by atoms with Crippen molar-refractivity contribution in [1.82, 2.24) is 20.2 Å². The number of aliphatic carboxylic acids is 1. The van der Waals surface area contributed by atoms with Crippen LogP contribution in [0.2, 0.25) is 0 Å². The molecule has 1 saturated heterocycles. The number of para-hydroxylation sites is 3. The van der Waals surface area contributed by atoms with Gasteiger partial charge < -0.3 is 29.8 Å². The summed E-state index contributed by atoms with van der Waals surface area (Å²) in [5.74, 6) is -0.995. The third-order valence-corrected chi connectivity index (χ3v) is 8.10. The molecule has 12 heteroatoms. The number of rotatable bonds is 9. The van der Waals surface area contributed by atoms with E-state index in [1.807, 2.05) is 6.07 Å². The van der Waals surface area contributed by atoms with E-state index >= 15 is 0 Å². The number of hydrogen-bond donors (Lipinski definition) is 3. The number of aromatic nitrogens is 2. The number of ether oxygens (including phenoxy) is 2. The van der Waals surface area contributed by atoms with E-state index in [9.17, 15) is 24.3 Å². The molecule has 1 fully saturated rings. The summed E-state index contributed by atoms with van der Waals surface area (Å²) in [6.07, 6.45) is 0. The quantitative estimate of drug-likeness (QED) is 0.252. The second-order valence-corrected chi connectivity index (χ2v) is 10.6. The minimum Gasteiger partial charge on any atom is -0.488 e. The van der Waals surface area contributed by atoms with Gasteiger partial charge in [-0.2, -0.15) is 0 Å². The Labute approximate surface area is 243 Å². The summed E-state index contributed by atoms with van der Waals surface area (Å²) in [6.45, 7) is -0.406. The molecule has 6 rings (SSSR count). The highest BCUT2D eigenvalue weighted by Crippen LogP contribution is 2.40. The van der Waals surface area contributed by atoms with E-state index in [1.54, 1.807) is 78.2 Å². The molecule has 212 valence electrons. The summed E-state index contributed by atoms with van der Waals surface area (Å²) in [5, 5.41) is 14.2. The van der Waals surface area contributed by atoms with Gasteiger partial charge in [0.2, 0.25) is 5.91 Å². The molecule has 3 atom stereocenters. The predicted molar refractivity (Wildman–Crippen MR) is 155 cm³/mol. The van der Waals surface area contributed by atoms with Gasteiger partial charge >= 0.3 is 5.97 Å². The van der Waals surface area contributed by atoms with E-state index in [-0.39, 0.29) is 18.8 Å². The number of carbonyl (C=O) groups excluding carboxylic acids is 2. The Kier molecular flexibility index (Phi) is 7.36. The molecular weight excluding hydrogens is 560 g/mol. The standard InChI is InChI=1S/C30H24N4O7S/c35-23(15-40-18-8-2-1-3-9-18)32-24-28(37)34-25(30(38)39)17(16-42-29(24)34)14-41-22-13-7-5-11-20(22)26-31-21-12-6-4-10-19(21)27(36)33-26/h1-13,16,24-25,29H,14-15H2,(H,32,35)(H,38,39)(H,31,33,36)/t24-,25?,29-/m1/s1. The fraction of sp³-hybridized carbons (Fsp3) is 0.167. The third kappa shape index (κ3) is 5.19. The van der Waals surface area contributed by atoms with Crippen LogP contribution in [0.15, 0.2) is 94.6 Å².